The molecule has 1 rings (SSSR count). The van der Waals surface area contributed by atoms with Crippen molar-refractivity contribution in [3.05, 3.63) is 18.1 Å². The minimum atomic E-state index is -1.28. The number of furan rings is 1. The topological polar surface area (TPSA) is 30.2 Å². The number of rotatable bonds is 2. The van der Waals surface area contributed by atoms with Gasteiger partial charge < -0.3 is 4.42 Å². The summed E-state index contributed by atoms with van der Waals surface area (Å²) in [4.78, 5) is 10.3. The minimum Gasteiger partial charge on any atom is -0.462 e. The lowest BCUT2D eigenvalue weighted by molar-refractivity contribution is 0.110. The fourth-order valence-electron chi connectivity index (χ4n) is 0.808. The van der Waals surface area contributed by atoms with Gasteiger partial charge in [0.2, 0.25) is 0 Å². The van der Waals surface area contributed by atoms with Gasteiger partial charge in [-0.05, 0) is 11.3 Å². The summed E-state index contributed by atoms with van der Waals surface area (Å²) in [5, 5.41) is 1.19. The molecule has 60 valence electrons. The fourth-order valence-corrected chi connectivity index (χ4v) is 1.80. The number of carbonyl (C=O) groups is 1. The maximum Gasteiger partial charge on any atom is 0.185 e. The zero-order chi connectivity index (χ0) is 8.48. The summed E-state index contributed by atoms with van der Waals surface area (Å²) >= 11 is 0. The van der Waals surface area contributed by atoms with Crippen molar-refractivity contribution in [2.75, 3.05) is 0 Å². The van der Waals surface area contributed by atoms with Gasteiger partial charge in [-0.25, -0.2) is 0 Å². The van der Waals surface area contributed by atoms with Crippen LogP contribution in [0.25, 0.3) is 0 Å². The van der Waals surface area contributed by atoms with Crippen molar-refractivity contribution < 1.29 is 9.21 Å². The highest BCUT2D eigenvalue weighted by Gasteiger charge is 2.18. The monoisotopic (exact) mass is 168 g/mol. The van der Waals surface area contributed by atoms with E-state index in [4.69, 9.17) is 4.42 Å². The SMILES string of the molecule is C[Si](C)(C)c1coc(C=O)c1. The second-order valence-corrected chi connectivity index (χ2v) is 8.68. The van der Waals surface area contributed by atoms with Crippen molar-refractivity contribution in [1.82, 2.24) is 0 Å². The molecule has 1 aromatic heterocycles. The van der Waals surface area contributed by atoms with Crippen LogP contribution in [-0.4, -0.2) is 14.4 Å². The van der Waals surface area contributed by atoms with E-state index in [2.05, 4.69) is 19.6 Å². The molecule has 1 aromatic rings. The summed E-state index contributed by atoms with van der Waals surface area (Å²) in [5.41, 5.74) is 0. The van der Waals surface area contributed by atoms with E-state index in [1.54, 1.807) is 6.26 Å². The molecule has 0 atom stereocenters. The molecule has 0 aliphatic rings. The standard InChI is InChI=1S/C8H12O2Si/c1-11(2,3)8-4-7(5-9)10-6-8/h4-6H,1-3H3. The molecule has 0 bridgehead atoms. The van der Waals surface area contributed by atoms with Crippen molar-refractivity contribution in [2.24, 2.45) is 0 Å². The number of aldehydes is 1. The molecule has 1 heterocycles. The summed E-state index contributed by atoms with van der Waals surface area (Å²) in [6, 6.07) is 1.83. The first-order valence-corrected chi connectivity index (χ1v) is 7.08. The van der Waals surface area contributed by atoms with Crippen molar-refractivity contribution in [2.45, 2.75) is 19.6 Å². The van der Waals surface area contributed by atoms with Crippen molar-refractivity contribution in [1.29, 1.82) is 0 Å². The van der Waals surface area contributed by atoms with Crippen LogP contribution in [0.5, 0.6) is 0 Å². The Bertz CT molecular complexity index is 257. The van der Waals surface area contributed by atoms with Gasteiger partial charge >= 0.3 is 0 Å². The third-order valence-corrected chi connectivity index (χ3v) is 3.60. The highest BCUT2D eigenvalue weighted by Crippen LogP contribution is 2.04. The van der Waals surface area contributed by atoms with E-state index in [9.17, 15) is 4.79 Å². The molecule has 0 fully saturated rings. The Morgan fingerprint density at radius 1 is 1.45 bits per heavy atom. The molecule has 0 aliphatic heterocycles. The van der Waals surface area contributed by atoms with Crippen LogP contribution in [0.15, 0.2) is 16.7 Å². The largest absolute Gasteiger partial charge is 0.462 e. The Morgan fingerprint density at radius 3 is 2.36 bits per heavy atom. The quantitative estimate of drug-likeness (QED) is 0.496. The van der Waals surface area contributed by atoms with Crippen molar-refractivity contribution in [3.8, 4) is 0 Å². The number of hydrogen-bond donors (Lipinski definition) is 0. The lowest BCUT2D eigenvalue weighted by Gasteiger charge is -2.11. The smallest absolute Gasteiger partial charge is 0.185 e. The van der Waals surface area contributed by atoms with E-state index >= 15 is 0 Å². The van der Waals surface area contributed by atoms with Crippen LogP contribution >= 0.6 is 0 Å². The molecular formula is C8H12O2Si. The van der Waals surface area contributed by atoms with Crippen LogP contribution in [-0.2, 0) is 0 Å². The second kappa shape index (κ2) is 2.66. The third-order valence-electron chi connectivity index (χ3n) is 1.60. The molecule has 0 aromatic carbocycles. The van der Waals surface area contributed by atoms with Gasteiger partial charge in [-0.1, -0.05) is 19.6 Å². The highest BCUT2D eigenvalue weighted by molar-refractivity contribution is 6.88. The molecule has 0 aliphatic carbocycles. The molecular weight excluding hydrogens is 156 g/mol. The van der Waals surface area contributed by atoms with Crippen LogP contribution < -0.4 is 5.19 Å². The molecule has 0 radical (unpaired) electrons. The van der Waals surface area contributed by atoms with E-state index in [1.807, 2.05) is 6.07 Å². The Kier molecular flexibility index (Phi) is 2.00. The van der Waals surface area contributed by atoms with E-state index in [0.29, 0.717) is 5.76 Å². The molecule has 0 unspecified atom stereocenters. The van der Waals surface area contributed by atoms with Crippen LogP contribution in [0.1, 0.15) is 10.6 Å². The van der Waals surface area contributed by atoms with Gasteiger partial charge in [-0.15, -0.1) is 0 Å². The summed E-state index contributed by atoms with van der Waals surface area (Å²) in [6.45, 7) is 6.64. The third kappa shape index (κ3) is 1.80. The summed E-state index contributed by atoms with van der Waals surface area (Å²) in [6.07, 6.45) is 2.43. The van der Waals surface area contributed by atoms with Gasteiger partial charge in [0.1, 0.15) is 0 Å². The van der Waals surface area contributed by atoms with E-state index < -0.39 is 8.07 Å². The van der Waals surface area contributed by atoms with E-state index in [1.165, 1.54) is 5.19 Å². The zero-order valence-electron chi connectivity index (χ0n) is 7.05. The van der Waals surface area contributed by atoms with Crippen LogP contribution in [0.3, 0.4) is 0 Å². The number of carbonyl (C=O) groups excluding carboxylic acids is 1. The normalized spacial score (nSPS) is 11.5. The molecule has 0 saturated carbocycles. The van der Waals surface area contributed by atoms with Crippen LogP contribution in [0, 0.1) is 0 Å². The fraction of sp³-hybridized carbons (Fsp3) is 0.375. The summed E-state index contributed by atoms with van der Waals surface area (Å²) < 4.78 is 5.01. The molecule has 0 amide bonds. The lowest BCUT2D eigenvalue weighted by Crippen LogP contribution is -2.36. The minimum absolute atomic E-state index is 0.433. The summed E-state index contributed by atoms with van der Waals surface area (Å²) in [5.74, 6) is 0.433. The molecule has 3 heteroatoms. The van der Waals surface area contributed by atoms with E-state index in [0.717, 1.165) is 6.29 Å². The van der Waals surface area contributed by atoms with Gasteiger partial charge in [0, 0.05) is 0 Å². The maximum atomic E-state index is 10.3. The van der Waals surface area contributed by atoms with Gasteiger partial charge in [0.05, 0.1) is 14.3 Å². The predicted molar refractivity (Wildman–Crippen MR) is 47.1 cm³/mol. The van der Waals surface area contributed by atoms with Gasteiger partial charge in [-0.3, -0.25) is 4.79 Å². The molecule has 0 saturated heterocycles. The van der Waals surface area contributed by atoms with Gasteiger partial charge in [0.15, 0.2) is 12.0 Å². The van der Waals surface area contributed by atoms with Crippen LogP contribution in [0.4, 0.5) is 0 Å². The van der Waals surface area contributed by atoms with Crippen molar-refractivity contribution in [3.63, 3.8) is 0 Å². The number of hydrogen-bond acceptors (Lipinski definition) is 2. The molecule has 2 nitrogen and oxygen atoms in total. The lowest BCUT2D eigenvalue weighted by atomic mass is 10.5. The first-order chi connectivity index (χ1) is 5.04. The van der Waals surface area contributed by atoms with E-state index in [-0.39, 0.29) is 0 Å². The Balaban J connectivity index is 2.98. The first kappa shape index (κ1) is 8.27. The average molecular weight is 168 g/mol. The van der Waals surface area contributed by atoms with Gasteiger partial charge in [-0.2, -0.15) is 0 Å². The molecule has 0 spiro atoms. The first-order valence-electron chi connectivity index (χ1n) is 3.58. The second-order valence-electron chi connectivity index (χ2n) is 3.61. The average Bonchev–Trinajstić information content (AvgIpc) is 2.32. The van der Waals surface area contributed by atoms with Gasteiger partial charge in [0.25, 0.3) is 0 Å². The van der Waals surface area contributed by atoms with Crippen LogP contribution in [0.2, 0.25) is 19.6 Å². The highest BCUT2D eigenvalue weighted by atomic mass is 28.3. The zero-order valence-corrected chi connectivity index (χ0v) is 8.05. The predicted octanol–water partition coefficient (Wildman–Crippen LogP) is 1.64. The van der Waals surface area contributed by atoms with Crippen molar-refractivity contribution >= 4 is 19.5 Å². The Labute approximate surface area is 67.2 Å². The Hall–Kier alpha value is -0.833. The Morgan fingerprint density at radius 2 is 2.09 bits per heavy atom. The maximum absolute atomic E-state index is 10.3. The molecule has 11 heavy (non-hydrogen) atoms. The molecule has 0 N–H and O–H groups in total. The summed E-state index contributed by atoms with van der Waals surface area (Å²) in [7, 11) is -1.28.